The highest BCUT2D eigenvalue weighted by atomic mass is 35.5. The Morgan fingerprint density at radius 1 is 1.94 bits per heavy atom. The molecule has 16 heavy (non-hydrogen) atoms. The summed E-state index contributed by atoms with van der Waals surface area (Å²) in [5.41, 5.74) is 8.18. The van der Waals surface area contributed by atoms with Crippen LogP contribution in [-0.4, -0.2) is 34.8 Å². The minimum Gasteiger partial charge on any atom is -0.498 e. The van der Waals surface area contributed by atoms with Crippen LogP contribution in [0.3, 0.4) is 0 Å². The van der Waals surface area contributed by atoms with Gasteiger partial charge in [0.15, 0.2) is 6.17 Å². The molecular weight excluding hydrogens is 241 g/mol. The Labute approximate surface area is 95.3 Å². The number of alkyl halides is 2. The molecular formula is C8H9ClFN3O3. The third-order valence-electron chi connectivity index (χ3n) is 2.19. The van der Waals surface area contributed by atoms with Gasteiger partial charge in [-0.05, 0) is 18.0 Å². The molecule has 0 fully saturated rings. The number of carboxylic acids is 1. The quantitative estimate of drug-likeness (QED) is 0.357. The van der Waals surface area contributed by atoms with Gasteiger partial charge in [0.2, 0.25) is 0 Å². The monoisotopic (exact) mass is 249 g/mol. The molecule has 1 aliphatic rings. The molecule has 0 aromatic carbocycles. The zero-order valence-electron chi connectivity index (χ0n) is 8.08. The number of halogens is 2. The van der Waals surface area contributed by atoms with Crippen LogP contribution in [0.4, 0.5) is 4.39 Å². The second-order valence-corrected chi connectivity index (χ2v) is 4.00. The van der Waals surface area contributed by atoms with Crippen molar-refractivity contribution in [3.63, 3.8) is 0 Å². The molecule has 2 unspecified atom stereocenters. The fourth-order valence-corrected chi connectivity index (χ4v) is 1.54. The fraction of sp³-hybridized carbons (Fsp3) is 0.625. The Balaban J connectivity index is 2.83. The molecule has 1 heterocycles. The van der Waals surface area contributed by atoms with Gasteiger partial charge in [-0.3, -0.25) is 4.79 Å². The number of allylic oxidation sites excluding steroid dienone is 1. The first-order valence-electron chi connectivity index (χ1n) is 4.39. The van der Waals surface area contributed by atoms with E-state index in [9.17, 15) is 9.18 Å². The molecule has 0 aliphatic carbocycles. The van der Waals surface area contributed by atoms with Crippen molar-refractivity contribution in [3.8, 4) is 0 Å². The van der Waals surface area contributed by atoms with E-state index in [1.54, 1.807) is 0 Å². The van der Waals surface area contributed by atoms with Gasteiger partial charge in [0, 0.05) is 4.91 Å². The van der Waals surface area contributed by atoms with E-state index < -0.39 is 23.1 Å². The molecule has 0 aromatic rings. The number of hydrogen-bond acceptors (Lipinski definition) is 3. The Bertz CT molecular complexity index is 356. The number of azide groups is 1. The second-order valence-electron chi connectivity index (χ2n) is 3.29. The van der Waals surface area contributed by atoms with Crippen molar-refractivity contribution >= 4 is 17.6 Å². The van der Waals surface area contributed by atoms with E-state index in [2.05, 4.69) is 14.8 Å². The number of aliphatic carboxylic acids is 1. The van der Waals surface area contributed by atoms with Crippen molar-refractivity contribution in [2.45, 2.75) is 23.5 Å². The summed E-state index contributed by atoms with van der Waals surface area (Å²) in [5.74, 6) is -1.34. The first kappa shape index (κ1) is 12.6. The molecule has 0 amide bonds. The number of hydrogen-bond donors (Lipinski definition) is 1. The van der Waals surface area contributed by atoms with Gasteiger partial charge in [-0.2, -0.15) is 0 Å². The van der Waals surface area contributed by atoms with Crippen LogP contribution in [0, 0.1) is 0 Å². The standard InChI is InChI=1S/C8H9ClFN3O3/c9-8(1-2-16-4-6(8)10)3-5(7(14)15)12-13-11/h1-2,5-6H,3-4H2,(H,14,15)/t5-,6?,8?/m0/s1. The number of carbonyl (C=O) groups is 1. The van der Waals surface area contributed by atoms with E-state index in [4.69, 9.17) is 22.2 Å². The summed E-state index contributed by atoms with van der Waals surface area (Å²) < 4.78 is 18.1. The van der Waals surface area contributed by atoms with Crippen LogP contribution in [0.2, 0.25) is 0 Å². The minimum absolute atomic E-state index is 0.247. The lowest BCUT2D eigenvalue weighted by atomic mass is 9.93. The van der Waals surface area contributed by atoms with Crippen LogP contribution in [0.1, 0.15) is 6.42 Å². The average molecular weight is 250 g/mol. The number of rotatable bonds is 4. The highest BCUT2D eigenvalue weighted by Crippen LogP contribution is 2.33. The Morgan fingerprint density at radius 3 is 3.12 bits per heavy atom. The molecule has 1 N–H and O–H groups in total. The number of nitrogens with zero attached hydrogens (tertiary/aromatic N) is 3. The van der Waals surface area contributed by atoms with E-state index >= 15 is 0 Å². The molecule has 1 rings (SSSR count). The van der Waals surface area contributed by atoms with Crippen molar-refractivity contribution in [2.24, 2.45) is 5.11 Å². The Morgan fingerprint density at radius 2 is 2.62 bits per heavy atom. The van der Waals surface area contributed by atoms with Gasteiger partial charge in [-0.25, -0.2) is 4.39 Å². The third kappa shape index (κ3) is 2.77. The lowest BCUT2D eigenvalue weighted by Gasteiger charge is -2.31. The number of carboxylic acid groups (broad SMARTS) is 1. The van der Waals surface area contributed by atoms with Crippen LogP contribution in [-0.2, 0) is 9.53 Å². The van der Waals surface area contributed by atoms with Crippen molar-refractivity contribution in [3.05, 3.63) is 22.8 Å². The van der Waals surface area contributed by atoms with E-state index in [-0.39, 0.29) is 13.0 Å². The predicted molar refractivity (Wildman–Crippen MR) is 53.8 cm³/mol. The van der Waals surface area contributed by atoms with Crippen molar-refractivity contribution in [2.75, 3.05) is 6.61 Å². The summed E-state index contributed by atoms with van der Waals surface area (Å²) in [6.07, 6.45) is 0.563. The largest absolute Gasteiger partial charge is 0.498 e. The highest BCUT2D eigenvalue weighted by Gasteiger charge is 2.41. The molecule has 0 bridgehead atoms. The van der Waals surface area contributed by atoms with Crippen molar-refractivity contribution in [1.29, 1.82) is 0 Å². The van der Waals surface area contributed by atoms with Gasteiger partial charge in [-0.15, -0.1) is 11.6 Å². The van der Waals surface area contributed by atoms with Gasteiger partial charge in [-0.1, -0.05) is 5.11 Å². The molecule has 8 heteroatoms. The molecule has 0 saturated heterocycles. The second kappa shape index (κ2) is 5.05. The van der Waals surface area contributed by atoms with Gasteiger partial charge < -0.3 is 9.84 Å². The molecule has 3 atom stereocenters. The molecule has 6 nitrogen and oxygen atoms in total. The maximum atomic E-state index is 13.5. The molecule has 88 valence electrons. The summed E-state index contributed by atoms with van der Waals surface area (Å²) in [7, 11) is 0. The summed E-state index contributed by atoms with van der Waals surface area (Å²) in [6.45, 7) is -0.247. The Kier molecular flexibility index (Phi) is 3.98. The topological polar surface area (TPSA) is 95.3 Å². The van der Waals surface area contributed by atoms with Crippen molar-refractivity contribution in [1.82, 2.24) is 0 Å². The zero-order valence-corrected chi connectivity index (χ0v) is 8.84. The van der Waals surface area contributed by atoms with E-state index in [1.807, 2.05) is 0 Å². The first-order valence-corrected chi connectivity index (χ1v) is 4.76. The normalized spacial score (nSPS) is 30.0. The minimum atomic E-state index is -1.55. The van der Waals surface area contributed by atoms with E-state index in [0.717, 1.165) is 0 Å². The van der Waals surface area contributed by atoms with Crippen LogP contribution in [0.5, 0.6) is 0 Å². The number of ether oxygens (including phenoxy) is 1. The van der Waals surface area contributed by atoms with E-state index in [1.165, 1.54) is 12.3 Å². The van der Waals surface area contributed by atoms with Crippen LogP contribution in [0.25, 0.3) is 10.4 Å². The highest BCUT2D eigenvalue weighted by molar-refractivity contribution is 6.26. The van der Waals surface area contributed by atoms with Crippen LogP contribution >= 0.6 is 11.6 Å². The fourth-order valence-electron chi connectivity index (χ4n) is 1.28. The predicted octanol–water partition coefficient (Wildman–Crippen LogP) is 2.00. The van der Waals surface area contributed by atoms with Crippen LogP contribution in [0.15, 0.2) is 17.5 Å². The van der Waals surface area contributed by atoms with Gasteiger partial charge in [0.05, 0.1) is 6.26 Å². The summed E-state index contributed by atoms with van der Waals surface area (Å²) in [5, 5.41) is 11.8. The van der Waals surface area contributed by atoms with Gasteiger partial charge in [0.1, 0.15) is 17.5 Å². The third-order valence-corrected chi connectivity index (χ3v) is 2.70. The lowest BCUT2D eigenvalue weighted by molar-refractivity contribution is -0.138. The molecule has 0 saturated carbocycles. The average Bonchev–Trinajstić information content (AvgIpc) is 2.22. The van der Waals surface area contributed by atoms with E-state index in [0.29, 0.717) is 0 Å². The maximum Gasteiger partial charge on any atom is 0.312 e. The summed E-state index contributed by atoms with van der Waals surface area (Å²) in [6, 6.07) is -1.40. The smallest absolute Gasteiger partial charge is 0.312 e. The van der Waals surface area contributed by atoms with Crippen molar-refractivity contribution < 1.29 is 19.0 Å². The molecule has 0 radical (unpaired) electrons. The molecule has 0 spiro atoms. The lowest BCUT2D eigenvalue weighted by Crippen LogP contribution is -2.41. The summed E-state index contributed by atoms with van der Waals surface area (Å²) >= 11 is 5.91. The molecule has 0 aromatic heterocycles. The summed E-state index contributed by atoms with van der Waals surface area (Å²) in [4.78, 5) is 11.6. The van der Waals surface area contributed by atoms with Gasteiger partial charge >= 0.3 is 5.97 Å². The maximum absolute atomic E-state index is 13.5. The molecule has 1 aliphatic heterocycles. The Hall–Kier alpha value is -1.46. The first-order chi connectivity index (χ1) is 7.49. The van der Waals surface area contributed by atoms with Crippen LogP contribution < -0.4 is 0 Å². The SMILES string of the molecule is [N-]=[N+]=N[C@@H](CC1(Cl)C=COCC1F)C(=O)O. The zero-order chi connectivity index (χ0) is 12.2. The van der Waals surface area contributed by atoms with Gasteiger partial charge in [0.25, 0.3) is 0 Å².